The molecule has 1 amide bonds. The maximum Gasteiger partial charge on any atom is 0.262 e. The minimum Gasteiger partial charge on any atom is -0.466 e. The molecule has 0 radical (unpaired) electrons. The first-order chi connectivity index (χ1) is 10.1. The van der Waals surface area contributed by atoms with Gasteiger partial charge < -0.3 is 15.1 Å². The maximum absolute atomic E-state index is 12.9. The van der Waals surface area contributed by atoms with Crippen LogP contribution in [0.3, 0.4) is 0 Å². The van der Waals surface area contributed by atoms with Crippen LogP contribution < -0.4 is 10.6 Å². The third-order valence-electron chi connectivity index (χ3n) is 3.85. The highest BCUT2D eigenvalue weighted by Crippen LogP contribution is 2.34. The lowest BCUT2D eigenvalue weighted by Crippen LogP contribution is -2.33. The Balaban J connectivity index is 1.94. The van der Waals surface area contributed by atoms with Crippen molar-refractivity contribution in [1.82, 2.24) is 0 Å². The number of amides is 1. The number of benzene rings is 1. The summed E-state index contributed by atoms with van der Waals surface area (Å²) in [5.74, 6) is 1.47. The molecular formula is C17H20N2O2. The van der Waals surface area contributed by atoms with Gasteiger partial charge in [-0.05, 0) is 50.5 Å². The Morgan fingerprint density at radius 1 is 1.29 bits per heavy atom. The van der Waals surface area contributed by atoms with Gasteiger partial charge in [0.25, 0.3) is 5.91 Å². The summed E-state index contributed by atoms with van der Waals surface area (Å²) in [6.45, 7) is 4.21. The molecule has 1 saturated carbocycles. The predicted molar refractivity (Wildman–Crippen MR) is 82.3 cm³/mol. The molecule has 3 rings (SSSR count). The van der Waals surface area contributed by atoms with Crippen LogP contribution in [0.5, 0.6) is 0 Å². The first-order valence-electron chi connectivity index (χ1n) is 7.29. The minimum atomic E-state index is 0.0207. The molecule has 0 aliphatic heterocycles. The number of nitrogens with zero attached hydrogens (tertiary/aromatic N) is 1. The fraction of sp³-hybridized carbons (Fsp3) is 0.353. The second-order valence-electron chi connectivity index (χ2n) is 5.60. The summed E-state index contributed by atoms with van der Waals surface area (Å²) in [5.41, 5.74) is 8.28. The quantitative estimate of drug-likeness (QED) is 0.938. The van der Waals surface area contributed by atoms with Crippen LogP contribution >= 0.6 is 0 Å². The Morgan fingerprint density at radius 2 is 1.95 bits per heavy atom. The van der Waals surface area contributed by atoms with Gasteiger partial charge in [-0.15, -0.1) is 0 Å². The number of carbonyl (C=O) groups is 1. The number of anilines is 1. The highest BCUT2D eigenvalue weighted by atomic mass is 16.3. The zero-order chi connectivity index (χ0) is 15.0. The van der Waals surface area contributed by atoms with E-state index < -0.39 is 0 Å². The van der Waals surface area contributed by atoms with E-state index in [0.717, 1.165) is 29.9 Å². The van der Waals surface area contributed by atoms with Crippen molar-refractivity contribution in [2.75, 3.05) is 4.90 Å². The van der Waals surface area contributed by atoms with Gasteiger partial charge in [0.1, 0.15) is 11.5 Å². The lowest BCUT2D eigenvalue weighted by atomic mass is 10.1. The molecule has 4 heteroatoms. The van der Waals surface area contributed by atoms with Crippen molar-refractivity contribution in [2.45, 2.75) is 39.3 Å². The highest BCUT2D eigenvalue weighted by molar-refractivity contribution is 6.07. The van der Waals surface area contributed by atoms with Crippen LogP contribution in [0.1, 0.15) is 40.3 Å². The fourth-order valence-electron chi connectivity index (χ4n) is 2.59. The summed E-state index contributed by atoms with van der Waals surface area (Å²) in [6.07, 6.45) is 2.11. The summed E-state index contributed by atoms with van der Waals surface area (Å²) in [5, 5.41) is 0. The van der Waals surface area contributed by atoms with E-state index >= 15 is 0 Å². The first-order valence-corrected chi connectivity index (χ1v) is 7.29. The smallest absolute Gasteiger partial charge is 0.262 e. The van der Waals surface area contributed by atoms with E-state index in [1.165, 1.54) is 0 Å². The number of rotatable bonds is 4. The zero-order valence-corrected chi connectivity index (χ0v) is 12.4. The summed E-state index contributed by atoms with van der Waals surface area (Å²) >= 11 is 0. The molecule has 21 heavy (non-hydrogen) atoms. The van der Waals surface area contributed by atoms with E-state index in [1.54, 1.807) is 0 Å². The average Bonchev–Trinajstić information content (AvgIpc) is 3.24. The molecule has 4 nitrogen and oxygen atoms in total. The number of hydrogen-bond acceptors (Lipinski definition) is 3. The topological polar surface area (TPSA) is 59.5 Å². The third kappa shape index (κ3) is 2.72. The fourth-order valence-corrected chi connectivity index (χ4v) is 2.59. The molecule has 1 aromatic heterocycles. The van der Waals surface area contributed by atoms with Crippen LogP contribution in [0.4, 0.5) is 5.69 Å². The average molecular weight is 284 g/mol. The minimum absolute atomic E-state index is 0.0207. The SMILES string of the molecule is Cc1cc(C(=O)N(c2ccc(CN)cc2)C2CC2)c(C)o1. The standard InChI is InChI=1S/C17H20N2O2/c1-11-9-16(12(2)21-11)17(20)19(15-7-8-15)14-5-3-13(10-18)4-6-14/h3-6,9,15H,7-8,10,18H2,1-2H3. The van der Waals surface area contributed by atoms with Crippen molar-refractivity contribution in [2.24, 2.45) is 5.73 Å². The van der Waals surface area contributed by atoms with E-state index in [-0.39, 0.29) is 5.91 Å². The van der Waals surface area contributed by atoms with Gasteiger partial charge in [-0.3, -0.25) is 4.79 Å². The van der Waals surface area contributed by atoms with Crippen molar-refractivity contribution in [3.63, 3.8) is 0 Å². The van der Waals surface area contributed by atoms with Crippen molar-refractivity contribution in [3.05, 3.63) is 53.0 Å². The maximum atomic E-state index is 12.9. The van der Waals surface area contributed by atoms with Crippen molar-refractivity contribution in [1.29, 1.82) is 0 Å². The molecule has 1 fully saturated rings. The molecule has 0 spiro atoms. The van der Waals surface area contributed by atoms with Crippen molar-refractivity contribution in [3.8, 4) is 0 Å². The predicted octanol–water partition coefficient (Wildman–Crippen LogP) is 3.16. The Labute approximate surface area is 124 Å². The highest BCUT2D eigenvalue weighted by Gasteiger charge is 2.35. The molecule has 0 atom stereocenters. The van der Waals surface area contributed by atoms with Crippen molar-refractivity contribution < 1.29 is 9.21 Å². The molecule has 1 heterocycles. The van der Waals surface area contributed by atoms with E-state index in [1.807, 2.05) is 49.1 Å². The largest absolute Gasteiger partial charge is 0.466 e. The van der Waals surface area contributed by atoms with Gasteiger partial charge in [-0.2, -0.15) is 0 Å². The van der Waals surface area contributed by atoms with Gasteiger partial charge >= 0.3 is 0 Å². The van der Waals surface area contributed by atoms with E-state index in [4.69, 9.17) is 10.2 Å². The Kier molecular flexibility index (Phi) is 3.55. The summed E-state index contributed by atoms with van der Waals surface area (Å²) in [7, 11) is 0. The molecule has 1 aliphatic rings. The van der Waals surface area contributed by atoms with Crippen LogP contribution in [-0.2, 0) is 6.54 Å². The lowest BCUT2D eigenvalue weighted by Gasteiger charge is -2.22. The van der Waals surface area contributed by atoms with Gasteiger partial charge in [0.2, 0.25) is 0 Å². The molecule has 0 saturated heterocycles. The van der Waals surface area contributed by atoms with Gasteiger partial charge in [0.05, 0.1) is 5.56 Å². The molecule has 0 unspecified atom stereocenters. The normalized spacial score (nSPS) is 14.2. The first kappa shape index (κ1) is 13.9. The van der Waals surface area contributed by atoms with Crippen LogP contribution in [-0.4, -0.2) is 11.9 Å². The van der Waals surface area contributed by atoms with Gasteiger partial charge in [-0.25, -0.2) is 0 Å². The molecule has 1 aliphatic carbocycles. The molecule has 2 aromatic rings. The van der Waals surface area contributed by atoms with Crippen molar-refractivity contribution >= 4 is 11.6 Å². The second-order valence-corrected chi connectivity index (χ2v) is 5.60. The van der Waals surface area contributed by atoms with E-state index in [9.17, 15) is 4.79 Å². The zero-order valence-electron chi connectivity index (χ0n) is 12.4. The number of carbonyl (C=O) groups excluding carboxylic acids is 1. The Morgan fingerprint density at radius 3 is 2.43 bits per heavy atom. The molecule has 0 bridgehead atoms. The number of nitrogens with two attached hydrogens (primary N) is 1. The summed E-state index contributed by atoms with van der Waals surface area (Å²) in [6, 6.07) is 10.0. The molecule has 1 aromatic carbocycles. The summed E-state index contributed by atoms with van der Waals surface area (Å²) < 4.78 is 5.49. The number of aryl methyl sites for hydroxylation is 2. The Bertz CT molecular complexity index is 654. The third-order valence-corrected chi connectivity index (χ3v) is 3.85. The van der Waals surface area contributed by atoms with E-state index in [0.29, 0.717) is 23.9 Å². The molecule has 2 N–H and O–H groups in total. The van der Waals surface area contributed by atoms with Gasteiger partial charge in [-0.1, -0.05) is 12.1 Å². The van der Waals surface area contributed by atoms with Gasteiger partial charge in [0.15, 0.2) is 0 Å². The van der Waals surface area contributed by atoms with Gasteiger partial charge in [0, 0.05) is 18.3 Å². The Hall–Kier alpha value is -2.07. The number of furan rings is 1. The second kappa shape index (κ2) is 5.37. The molecular weight excluding hydrogens is 264 g/mol. The monoisotopic (exact) mass is 284 g/mol. The molecule has 110 valence electrons. The van der Waals surface area contributed by atoms with Crippen LogP contribution in [0.25, 0.3) is 0 Å². The van der Waals surface area contributed by atoms with Crippen LogP contribution in [0, 0.1) is 13.8 Å². The number of hydrogen-bond donors (Lipinski definition) is 1. The van der Waals surface area contributed by atoms with E-state index in [2.05, 4.69) is 0 Å². The van der Waals surface area contributed by atoms with Crippen LogP contribution in [0.15, 0.2) is 34.7 Å². The summed E-state index contributed by atoms with van der Waals surface area (Å²) in [4.78, 5) is 14.7. The van der Waals surface area contributed by atoms with Crippen LogP contribution in [0.2, 0.25) is 0 Å². The lowest BCUT2D eigenvalue weighted by molar-refractivity contribution is 0.0984.